The number of sulfonamides is 1. The maximum Gasteiger partial charge on any atom is 0.344 e. The molecule has 0 aromatic heterocycles. The van der Waals surface area contributed by atoms with E-state index in [1.165, 1.54) is 24.3 Å². The van der Waals surface area contributed by atoms with E-state index in [1.807, 2.05) is 0 Å². The van der Waals surface area contributed by atoms with Gasteiger partial charge in [0.2, 0.25) is 10.0 Å². The highest BCUT2D eigenvalue weighted by Crippen LogP contribution is 2.16. The lowest BCUT2D eigenvalue weighted by Crippen LogP contribution is -2.18. The van der Waals surface area contributed by atoms with Crippen LogP contribution < -0.4 is 14.6 Å². The number of primary sulfonamides is 1. The van der Waals surface area contributed by atoms with Crippen LogP contribution in [0.5, 0.6) is 11.5 Å². The van der Waals surface area contributed by atoms with Crippen molar-refractivity contribution in [2.24, 2.45) is 5.14 Å². The number of carbonyl (C=O) groups excluding carboxylic acids is 1. The van der Waals surface area contributed by atoms with E-state index in [0.717, 1.165) is 0 Å². The zero-order valence-corrected chi connectivity index (χ0v) is 14.6. The zero-order chi connectivity index (χ0) is 18.3. The molecule has 2 aromatic rings. The molecule has 2 aromatic carbocycles. The molecule has 2 N–H and O–H groups in total. The fourth-order valence-corrected chi connectivity index (χ4v) is 2.40. The van der Waals surface area contributed by atoms with Gasteiger partial charge in [0.25, 0.3) is 0 Å². The van der Waals surface area contributed by atoms with Crippen LogP contribution in [0.25, 0.3) is 0 Å². The Morgan fingerprint density at radius 3 is 2.08 bits per heavy atom. The summed E-state index contributed by atoms with van der Waals surface area (Å²) >= 11 is 5.74. The summed E-state index contributed by atoms with van der Waals surface area (Å²) in [6, 6.07) is 12.2. The van der Waals surface area contributed by atoms with Gasteiger partial charge in [-0.1, -0.05) is 11.6 Å². The number of ether oxygens (including phenoxy) is 3. The molecule has 0 saturated heterocycles. The molecule has 0 radical (unpaired) electrons. The summed E-state index contributed by atoms with van der Waals surface area (Å²) in [7, 11) is -3.73. The smallest absolute Gasteiger partial charge is 0.344 e. The first kappa shape index (κ1) is 19.0. The van der Waals surface area contributed by atoms with Crippen molar-refractivity contribution in [1.82, 2.24) is 0 Å². The van der Waals surface area contributed by atoms with E-state index in [0.29, 0.717) is 16.5 Å². The molecule has 134 valence electrons. The summed E-state index contributed by atoms with van der Waals surface area (Å²) in [5.41, 5.74) is 0. The third-order valence-electron chi connectivity index (χ3n) is 2.94. The van der Waals surface area contributed by atoms with Gasteiger partial charge in [0, 0.05) is 5.02 Å². The van der Waals surface area contributed by atoms with Gasteiger partial charge in [-0.2, -0.15) is 0 Å². The molecule has 0 atom stereocenters. The summed E-state index contributed by atoms with van der Waals surface area (Å²) < 4.78 is 37.8. The summed E-state index contributed by atoms with van der Waals surface area (Å²) in [5, 5.41) is 5.57. The highest BCUT2D eigenvalue weighted by atomic mass is 35.5. The maximum absolute atomic E-state index is 11.5. The number of nitrogens with two attached hydrogens (primary N) is 1. The van der Waals surface area contributed by atoms with Crippen LogP contribution in [0.3, 0.4) is 0 Å². The standard InChI is InChI=1S/C16H16ClNO6S/c17-12-1-3-14(4-2-12)24-11-16(19)23-10-9-22-13-5-7-15(8-6-13)25(18,20)21/h1-8H,9-11H2,(H2,18,20,21). The van der Waals surface area contributed by atoms with Gasteiger partial charge >= 0.3 is 5.97 Å². The van der Waals surface area contributed by atoms with Crippen molar-refractivity contribution < 1.29 is 27.4 Å². The van der Waals surface area contributed by atoms with Gasteiger partial charge in [0.15, 0.2) is 6.61 Å². The van der Waals surface area contributed by atoms with Gasteiger partial charge in [-0.3, -0.25) is 0 Å². The number of hydrogen-bond acceptors (Lipinski definition) is 6. The third-order valence-corrected chi connectivity index (χ3v) is 4.12. The molecule has 7 nitrogen and oxygen atoms in total. The van der Waals surface area contributed by atoms with Crippen molar-refractivity contribution in [3.63, 3.8) is 0 Å². The molecule has 0 fully saturated rings. The second-order valence-corrected chi connectivity index (χ2v) is 6.83. The van der Waals surface area contributed by atoms with Gasteiger partial charge in [0.05, 0.1) is 4.90 Å². The monoisotopic (exact) mass is 385 g/mol. The Hall–Kier alpha value is -2.29. The Bertz CT molecular complexity index is 806. The Morgan fingerprint density at radius 2 is 1.48 bits per heavy atom. The van der Waals surface area contributed by atoms with Gasteiger partial charge in [0.1, 0.15) is 24.7 Å². The summed E-state index contributed by atoms with van der Waals surface area (Å²) in [6.45, 7) is -0.0914. The van der Waals surface area contributed by atoms with Gasteiger partial charge in [-0.05, 0) is 48.5 Å². The lowest BCUT2D eigenvalue weighted by Gasteiger charge is -2.09. The fraction of sp³-hybridized carbons (Fsp3) is 0.188. The molecule has 0 aliphatic heterocycles. The highest BCUT2D eigenvalue weighted by Gasteiger charge is 2.07. The van der Waals surface area contributed by atoms with Crippen molar-refractivity contribution in [3.05, 3.63) is 53.6 Å². The first-order valence-corrected chi connectivity index (χ1v) is 9.07. The first-order chi connectivity index (χ1) is 11.8. The molecule has 0 aliphatic carbocycles. The van der Waals surface area contributed by atoms with Crippen LogP contribution in [-0.2, 0) is 19.6 Å². The molecule has 9 heteroatoms. The molecule has 0 unspecified atom stereocenters. The van der Waals surface area contributed by atoms with Crippen LogP contribution >= 0.6 is 11.6 Å². The Kier molecular flexibility index (Phi) is 6.63. The lowest BCUT2D eigenvalue weighted by molar-refractivity contribution is -0.146. The van der Waals surface area contributed by atoms with Gasteiger partial charge in [-0.25, -0.2) is 18.4 Å². The highest BCUT2D eigenvalue weighted by molar-refractivity contribution is 7.89. The number of carbonyl (C=O) groups is 1. The van der Waals surface area contributed by atoms with Gasteiger partial charge < -0.3 is 14.2 Å². The van der Waals surface area contributed by atoms with E-state index < -0.39 is 16.0 Å². The predicted molar refractivity (Wildman–Crippen MR) is 91.2 cm³/mol. The number of halogens is 1. The number of esters is 1. The van der Waals surface area contributed by atoms with Crippen LogP contribution in [0.15, 0.2) is 53.4 Å². The van der Waals surface area contributed by atoms with E-state index >= 15 is 0 Å². The van der Waals surface area contributed by atoms with Crippen molar-refractivity contribution >= 4 is 27.6 Å². The molecular formula is C16H16ClNO6S. The second kappa shape index (κ2) is 8.70. The third kappa shape index (κ3) is 6.61. The van der Waals surface area contributed by atoms with Crippen LogP contribution in [0, 0.1) is 0 Å². The molecule has 0 heterocycles. The Morgan fingerprint density at radius 1 is 0.920 bits per heavy atom. The normalized spacial score (nSPS) is 11.0. The Labute approximate surface area is 150 Å². The average Bonchev–Trinajstić information content (AvgIpc) is 2.58. The maximum atomic E-state index is 11.5. The van der Waals surface area contributed by atoms with E-state index in [1.54, 1.807) is 24.3 Å². The van der Waals surface area contributed by atoms with Crippen LogP contribution in [0.4, 0.5) is 0 Å². The van der Waals surface area contributed by atoms with Crippen molar-refractivity contribution in [2.45, 2.75) is 4.90 Å². The zero-order valence-electron chi connectivity index (χ0n) is 13.1. The summed E-state index contributed by atoms with van der Waals surface area (Å²) in [6.07, 6.45) is 0. The predicted octanol–water partition coefficient (Wildman–Crippen LogP) is 1.99. The van der Waals surface area contributed by atoms with Crippen LogP contribution in [-0.4, -0.2) is 34.2 Å². The van der Waals surface area contributed by atoms with Gasteiger partial charge in [-0.15, -0.1) is 0 Å². The number of hydrogen-bond donors (Lipinski definition) is 1. The molecule has 0 bridgehead atoms. The molecular weight excluding hydrogens is 370 g/mol. The largest absolute Gasteiger partial charge is 0.490 e. The molecule has 0 saturated carbocycles. The summed E-state index contributed by atoms with van der Waals surface area (Å²) in [5.74, 6) is 0.400. The minimum absolute atomic E-state index is 0.00868. The van der Waals surface area contributed by atoms with Crippen LogP contribution in [0.2, 0.25) is 5.02 Å². The lowest BCUT2D eigenvalue weighted by atomic mass is 10.3. The minimum Gasteiger partial charge on any atom is -0.490 e. The second-order valence-electron chi connectivity index (χ2n) is 4.83. The van der Waals surface area contributed by atoms with E-state index in [9.17, 15) is 13.2 Å². The van der Waals surface area contributed by atoms with Crippen molar-refractivity contribution in [2.75, 3.05) is 19.8 Å². The Balaban J connectivity index is 1.66. The molecule has 2 rings (SSSR count). The topological polar surface area (TPSA) is 105 Å². The molecule has 0 aliphatic rings. The molecule has 0 spiro atoms. The fourth-order valence-electron chi connectivity index (χ4n) is 1.76. The molecule has 0 amide bonds. The van der Waals surface area contributed by atoms with Crippen LogP contribution in [0.1, 0.15) is 0 Å². The van der Waals surface area contributed by atoms with E-state index in [2.05, 4.69) is 0 Å². The minimum atomic E-state index is -3.73. The van der Waals surface area contributed by atoms with Crippen molar-refractivity contribution in [1.29, 1.82) is 0 Å². The number of rotatable bonds is 8. The van der Waals surface area contributed by atoms with E-state index in [4.69, 9.17) is 31.0 Å². The first-order valence-electron chi connectivity index (χ1n) is 7.14. The SMILES string of the molecule is NS(=O)(=O)c1ccc(OCCOC(=O)COc2ccc(Cl)cc2)cc1. The van der Waals surface area contributed by atoms with Crippen molar-refractivity contribution in [3.8, 4) is 11.5 Å². The van der Waals surface area contributed by atoms with E-state index in [-0.39, 0.29) is 24.7 Å². The number of benzene rings is 2. The summed E-state index contributed by atoms with van der Waals surface area (Å²) in [4.78, 5) is 11.5. The quantitative estimate of drug-likeness (QED) is 0.550. The molecule has 25 heavy (non-hydrogen) atoms. The average molecular weight is 386 g/mol.